The van der Waals surface area contributed by atoms with Crippen molar-refractivity contribution in [3.05, 3.63) is 28.8 Å². The molecule has 3 heteroatoms. The third-order valence-electron chi connectivity index (χ3n) is 4.19. The molecule has 0 saturated heterocycles. The van der Waals surface area contributed by atoms with E-state index in [1.807, 2.05) is 0 Å². The van der Waals surface area contributed by atoms with Crippen molar-refractivity contribution in [1.82, 2.24) is 5.48 Å². The summed E-state index contributed by atoms with van der Waals surface area (Å²) in [6, 6.07) is 4.81. The summed E-state index contributed by atoms with van der Waals surface area (Å²) in [6.45, 7) is 4.28. The zero-order valence-corrected chi connectivity index (χ0v) is 12.1. The number of hydrogen-bond donors (Lipinski definition) is 1. The predicted octanol–water partition coefficient (Wildman–Crippen LogP) is 3.32. The molecule has 0 spiro atoms. The Hall–Kier alpha value is -1.06. The minimum atomic E-state index is -0.147. The Balaban J connectivity index is 2.02. The number of ether oxygens (including phenoxy) is 1. The van der Waals surface area contributed by atoms with Crippen LogP contribution in [0.15, 0.2) is 12.1 Å². The molecule has 1 unspecified atom stereocenters. The zero-order chi connectivity index (χ0) is 13.5. The van der Waals surface area contributed by atoms with Crippen molar-refractivity contribution in [3.8, 4) is 5.75 Å². The van der Waals surface area contributed by atoms with Gasteiger partial charge in [0.05, 0.1) is 13.2 Å². The molecular formula is C16H23NO2. The number of hydrogen-bond acceptors (Lipinski definition) is 3. The van der Waals surface area contributed by atoms with Crippen molar-refractivity contribution in [2.75, 3.05) is 7.11 Å². The van der Waals surface area contributed by atoms with E-state index in [1.165, 1.54) is 42.4 Å². The van der Waals surface area contributed by atoms with E-state index < -0.39 is 0 Å². The van der Waals surface area contributed by atoms with E-state index >= 15 is 0 Å². The second-order valence-electron chi connectivity index (χ2n) is 6.31. The Morgan fingerprint density at radius 1 is 1.21 bits per heavy atom. The lowest BCUT2D eigenvalue weighted by atomic mass is 9.84. The lowest BCUT2D eigenvalue weighted by Crippen LogP contribution is -2.39. The first-order valence-corrected chi connectivity index (χ1v) is 7.22. The Labute approximate surface area is 115 Å². The molecule has 3 nitrogen and oxygen atoms in total. The molecule has 0 amide bonds. The van der Waals surface area contributed by atoms with Crippen LogP contribution >= 0.6 is 0 Å². The number of rotatable bonds is 2. The largest absolute Gasteiger partial charge is 0.487 e. The van der Waals surface area contributed by atoms with E-state index in [1.54, 1.807) is 7.11 Å². The monoisotopic (exact) mass is 261 g/mol. The van der Waals surface area contributed by atoms with Gasteiger partial charge in [-0.15, -0.1) is 0 Å². The van der Waals surface area contributed by atoms with Gasteiger partial charge in [0.2, 0.25) is 0 Å². The van der Waals surface area contributed by atoms with Gasteiger partial charge in [-0.2, -0.15) is 5.48 Å². The summed E-state index contributed by atoms with van der Waals surface area (Å²) >= 11 is 0. The highest BCUT2D eigenvalue weighted by atomic mass is 16.6. The molecule has 104 valence electrons. The minimum Gasteiger partial charge on any atom is -0.487 e. The van der Waals surface area contributed by atoms with Gasteiger partial charge in [0.15, 0.2) is 0 Å². The third kappa shape index (κ3) is 2.49. The fraction of sp³-hybridized carbons (Fsp3) is 0.625. The normalized spacial score (nSPS) is 24.3. The zero-order valence-electron chi connectivity index (χ0n) is 12.1. The number of benzene rings is 1. The van der Waals surface area contributed by atoms with Gasteiger partial charge in [0, 0.05) is 12.0 Å². The molecule has 1 atom stereocenters. The van der Waals surface area contributed by atoms with E-state index in [0.29, 0.717) is 0 Å². The SMILES string of the molecule is CONC1CC(C)(C)Oc2cc3c(cc21)CCCC3. The lowest BCUT2D eigenvalue weighted by molar-refractivity contribution is 0.00287. The van der Waals surface area contributed by atoms with Crippen LogP contribution in [0.4, 0.5) is 0 Å². The highest BCUT2D eigenvalue weighted by Gasteiger charge is 2.34. The molecule has 2 aliphatic rings. The van der Waals surface area contributed by atoms with Gasteiger partial charge in [-0.05, 0) is 56.7 Å². The van der Waals surface area contributed by atoms with Crippen LogP contribution in [0.5, 0.6) is 5.75 Å². The van der Waals surface area contributed by atoms with Crippen LogP contribution in [-0.4, -0.2) is 12.7 Å². The number of fused-ring (bicyclic) bond motifs is 2. The van der Waals surface area contributed by atoms with Crippen LogP contribution in [0, 0.1) is 0 Å². The molecule has 0 saturated carbocycles. The van der Waals surface area contributed by atoms with Crippen molar-refractivity contribution in [3.63, 3.8) is 0 Å². The van der Waals surface area contributed by atoms with Crippen LogP contribution in [0.3, 0.4) is 0 Å². The van der Waals surface area contributed by atoms with Gasteiger partial charge in [0.1, 0.15) is 11.4 Å². The molecule has 19 heavy (non-hydrogen) atoms. The topological polar surface area (TPSA) is 30.5 Å². The van der Waals surface area contributed by atoms with Crippen LogP contribution in [0.2, 0.25) is 0 Å². The number of nitrogens with one attached hydrogen (secondary N) is 1. The Morgan fingerprint density at radius 3 is 2.58 bits per heavy atom. The fourth-order valence-corrected chi connectivity index (χ4v) is 3.33. The van der Waals surface area contributed by atoms with E-state index in [2.05, 4.69) is 31.5 Å². The molecule has 0 fully saturated rings. The number of aryl methyl sites for hydroxylation is 2. The second kappa shape index (κ2) is 4.80. The summed E-state index contributed by atoms with van der Waals surface area (Å²) in [6.07, 6.45) is 5.92. The highest BCUT2D eigenvalue weighted by molar-refractivity contribution is 5.47. The van der Waals surface area contributed by atoms with E-state index in [4.69, 9.17) is 9.57 Å². The molecule has 1 aromatic rings. The third-order valence-corrected chi connectivity index (χ3v) is 4.19. The molecular weight excluding hydrogens is 238 g/mol. The van der Waals surface area contributed by atoms with E-state index in [9.17, 15) is 0 Å². The Morgan fingerprint density at radius 2 is 1.89 bits per heavy atom. The summed E-state index contributed by atoms with van der Waals surface area (Å²) < 4.78 is 6.17. The molecule has 1 heterocycles. The summed E-state index contributed by atoms with van der Waals surface area (Å²) in [5.74, 6) is 1.03. The first-order chi connectivity index (χ1) is 9.09. The minimum absolute atomic E-state index is 0.147. The van der Waals surface area contributed by atoms with Crippen molar-refractivity contribution >= 4 is 0 Å². The van der Waals surface area contributed by atoms with Gasteiger partial charge < -0.3 is 9.57 Å². The second-order valence-corrected chi connectivity index (χ2v) is 6.31. The van der Waals surface area contributed by atoms with Crippen molar-refractivity contribution < 1.29 is 9.57 Å². The standard InChI is InChI=1S/C16H23NO2/c1-16(2)10-14(17-18-3)13-8-11-6-4-5-7-12(11)9-15(13)19-16/h8-9,14,17H,4-7,10H2,1-3H3. The fourth-order valence-electron chi connectivity index (χ4n) is 3.33. The first-order valence-electron chi connectivity index (χ1n) is 7.22. The molecule has 0 aromatic heterocycles. The van der Waals surface area contributed by atoms with Gasteiger partial charge >= 0.3 is 0 Å². The van der Waals surface area contributed by atoms with Crippen molar-refractivity contribution in [1.29, 1.82) is 0 Å². The molecule has 0 bridgehead atoms. The Kier molecular flexibility index (Phi) is 3.27. The van der Waals surface area contributed by atoms with Gasteiger partial charge in [0.25, 0.3) is 0 Å². The van der Waals surface area contributed by atoms with Gasteiger partial charge in [-0.3, -0.25) is 0 Å². The highest BCUT2D eigenvalue weighted by Crippen LogP contribution is 2.42. The average Bonchev–Trinajstić information content (AvgIpc) is 2.36. The molecule has 1 N–H and O–H groups in total. The molecule has 1 aromatic carbocycles. The Bertz CT molecular complexity index is 482. The maximum atomic E-state index is 6.17. The maximum Gasteiger partial charge on any atom is 0.125 e. The van der Waals surface area contributed by atoms with Crippen molar-refractivity contribution in [2.24, 2.45) is 0 Å². The van der Waals surface area contributed by atoms with Crippen LogP contribution in [0.25, 0.3) is 0 Å². The predicted molar refractivity (Wildman–Crippen MR) is 75.3 cm³/mol. The smallest absolute Gasteiger partial charge is 0.125 e. The van der Waals surface area contributed by atoms with E-state index in [-0.39, 0.29) is 11.6 Å². The summed E-state index contributed by atoms with van der Waals surface area (Å²) in [7, 11) is 1.68. The van der Waals surface area contributed by atoms with Crippen molar-refractivity contribution in [2.45, 2.75) is 57.6 Å². The molecule has 1 aliphatic carbocycles. The quantitative estimate of drug-likeness (QED) is 0.828. The average molecular weight is 261 g/mol. The van der Waals surface area contributed by atoms with Crippen LogP contribution < -0.4 is 10.2 Å². The van der Waals surface area contributed by atoms with Crippen LogP contribution in [0.1, 0.15) is 55.8 Å². The summed E-state index contributed by atoms with van der Waals surface area (Å²) in [4.78, 5) is 5.17. The maximum absolute atomic E-state index is 6.17. The first kappa shape index (κ1) is 12.9. The van der Waals surface area contributed by atoms with Gasteiger partial charge in [-0.25, -0.2) is 0 Å². The van der Waals surface area contributed by atoms with Gasteiger partial charge in [-0.1, -0.05) is 6.07 Å². The van der Waals surface area contributed by atoms with E-state index in [0.717, 1.165) is 12.2 Å². The summed E-state index contributed by atoms with van der Waals surface area (Å²) in [5.41, 5.74) is 7.20. The lowest BCUT2D eigenvalue weighted by Gasteiger charge is -2.38. The number of hydroxylamine groups is 1. The van der Waals surface area contributed by atoms with Crippen LogP contribution in [-0.2, 0) is 17.7 Å². The molecule has 1 aliphatic heterocycles. The summed E-state index contributed by atoms with van der Waals surface area (Å²) in [5, 5.41) is 0. The molecule has 0 radical (unpaired) electrons. The molecule has 3 rings (SSSR count).